The number of rotatable bonds is 5. The highest BCUT2D eigenvalue weighted by Gasteiger charge is 2.20. The van der Waals surface area contributed by atoms with Gasteiger partial charge in [0.2, 0.25) is 5.88 Å². The Kier molecular flexibility index (Phi) is 5.47. The summed E-state index contributed by atoms with van der Waals surface area (Å²) in [5.41, 5.74) is 6.26. The van der Waals surface area contributed by atoms with Gasteiger partial charge in [0, 0.05) is 16.6 Å². The molecule has 0 saturated heterocycles. The van der Waals surface area contributed by atoms with Gasteiger partial charge in [0.05, 0.1) is 22.4 Å². The van der Waals surface area contributed by atoms with Crippen LogP contribution in [0.15, 0.2) is 77.9 Å². The predicted molar refractivity (Wildman–Crippen MR) is 123 cm³/mol. The molecule has 0 bridgehead atoms. The minimum Gasteiger partial charge on any atom is -0.494 e. The van der Waals surface area contributed by atoms with Gasteiger partial charge in [-0.2, -0.15) is 5.10 Å². The quantitative estimate of drug-likeness (QED) is 0.322. The third-order valence-electron chi connectivity index (χ3n) is 5.20. The Hall–Kier alpha value is -4.39. The second-order valence-corrected chi connectivity index (χ2v) is 7.41. The average molecular weight is 427 g/mol. The van der Waals surface area contributed by atoms with Crippen LogP contribution >= 0.6 is 0 Å². The lowest BCUT2D eigenvalue weighted by atomic mass is 10.1. The van der Waals surface area contributed by atoms with Crippen molar-refractivity contribution in [2.75, 3.05) is 0 Å². The van der Waals surface area contributed by atoms with Crippen LogP contribution < -0.4 is 5.43 Å². The largest absolute Gasteiger partial charge is 0.494 e. The van der Waals surface area contributed by atoms with E-state index in [2.05, 4.69) is 10.5 Å². The lowest BCUT2D eigenvalue weighted by Crippen LogP contribution is -2.19. The summed E-state index contributed by atoms with van der Waals surface area (Å²) in [6.07, 6.45) is 0. The van der Waals surface area contributed by atoms with E-state index in [0.29, 0.717) is 11.3 Å². The molecule has 0 radical (unpaired) electrons. The van der Waals surface area contributed by atoms with E-state index < -0.39 is 11.9 Å². The van der Waals surface area contributed by atoms with Gasteiger partial charge in [0.1, 0.15) is 0 Å². The molecule has 0 aliphatic rings. The summed E-state index contributed by atoms with van der Waals surface area (Å²) in [7, 11) is 0. The number of hydrogen-bond donors (Lipinski definition) is 3. The molecule has 0 aliphatic carbocycles. The Morgan fingerprint density at radius 3 is 2.34 bits per heavy atom. The molecule has 32 heavy (non-hydrogen) atoms. The van der Waals surface area contributed by atoms with Gasteiger partial charge in [-0.25, -0.2) is 10.2 Å². The first-order valence-electron chi connectivity index (χ1n) is 9.94. The van der Waals surface area contributed by atoms with Crippen molar-refractivity contribution < 1.29 is 19.8 Å². The number of hydrogen-bond acceptors (Lipinski definition) is 4. The van der Waals surface area contributed by atoms with Gasteiger partial charge >= 0.3 is 5.97 Å². The van der Waals surface area contributed by atoms with Crippen molar-refractivity contribution in [2.24, 2.45) is 5.10 Å². The Morgan fingerprint density at radius 2 is 1.62 bits per heavy atom. The minimum atomic E-state index is -1.12. The van der Waals surface area contributed by atoms with E-state index in [1.807, 2.05) is 55.5 Å². The number of para-hydroxylation sites is 1. The molecule has 1 amide bonds. The Balaban J connectivity index is 1.72. The van der Waals surface area contributed by atoms with Crippen LogP contribution in [-0.2, 0) is 0 Å². The fourth-order valence-corrected chi connectivity index (χ4v) is 3.59. The highest BCUT2D eigenvalue weighted by Crippen LogP contribution is 2.34. The van der Waals surface area contributed by atoms with E-state index in [4.69, 9.17) is 5.11 Å². The first kappa shape index (κ1) is 20.9. The van der Waals surface area contributed by atoms with Gasteiger partial charge in [0.25, 0.3) is 5.91 Å². The number of amides is 1. The zero-order chi connectivity index (χ0) is 22.8. The molecular formula is C25H21N3O4. The molecule has 0 saturated carbocycles. The van der Waals surface area contributed by atoms with Crippen LogP contribution in [0.25, 0.3) is 16.6 Å². The third-order valence-corrected chi connectivity index (χ3v) is 5.20. The summed E-state index contributed by atoms with van der Waals surface area (Å²) in [4.78, 5) is 23.6. The molecule has 7 heteroatoms. The van der Waals surface area contributed by atoms with Crippen LogP contribution in [0.4, 0.5) is 0 Å². The number of aryl methyl sites for hydroxylation is 1. The average Bonchev–Trinajstić information content (AvgIpc) is 3.09. The zero-order valence-corrected chi connectivity index (χ0v) is 17.5. The fourth-order valence-electron chi connectivity index (χ4n) is 3.59. The molecule has 3 N–H and O–H groups in total. The number of carboxylic acids is 1. The van der Waals surface area contributed by atoms with Crippen LogP contribution in [-0.4, -0.2) is 32.4 Å². The highest BCUT2D eigenvalue weighted by atomic mass is 16.4. The molecule has 4 aromatic rings. The number of aromatic nitrogens is 1. The summed E-state index contributed by atoms with van der Waals surface area (Å²) < 4.78 is 1.74. The molecule has 0 unspecified atom stereocenters. The zero-order valence-electron chi connectivity index (χ0n) is 17.5. The summed E-state index contributed by atoms with van der Waals surface area (Å²) in [5.74, 6) is -1.65. The van der Waals surface area contributed by atoms with E-state index >= 15 is 0 Å². The first-order chi connectivity index (χ1) is 15.4. The van der Waals surface area contributed by atoms with E-state index in [0.717, 1.165) is 22.2 Å². The number of nitrogens with zero attached hydrogens (tertiary/aromatic N) is 2. The van der Waals surface area contributed by atoms with Crippen LogP contribution in [0.5, 0.6) is 5.88 Å². The molecule has 160 valence electrons. The molecule has 0 atom stereocenters. The van der Waals surface area contributed by atoms with Crippen molar-refractivity contribution >= 4 is 28.5 Å². The van der Waals surface area contributed by atoms with Crippen molar-refractivity contribution in [3.05, 3.63) is 95.1 Å². The van der Waals surface area contributed by atoms with Crippen LogP contribution in [0.2, 0.25) is 0 Å². The third kappa shape index (κ3) is 3.83. The molecule has 4 rings (SSSR count). The summed E-state index contributed by atoms with van der Waals surface area (Å²) >= 11 is 0. The van der Waals surface area contributed by atoms with Crippen molar-refractivity contribution in [1.82, 2.24) is 9.99 Å². The summed E-state index contributed by atoms with van der Waals surface area (Å²) in [6, 6.07) is 21.0. The van der Waals surface area contributed by atoms with Crippen LogP contribution in [0.1, 0.15) is 38.8 Å². The number of hydrazone groups is 1. The number of aromatic carboxylic acids is 1. The lowest BCUT2D eigenvalue weighted by Gasteiger charge is -2.08. The molecule has 0 aliphatic heterocycles. The van der Waals surface area contributed by atoms with Crippen molar-refractivity contribution in [3.63, 3.8) is 0 Å². The van der Waals surface area contributed by atoms with Gasteiger partial charge < -0.3 is 10.2 Å². The van der Waals surface area contributed by atoms with Crippen molar-refractivity contribution in [3.8, 4) is 11.6 Å². The molecule has 7 nitrogen and oxygen atoms in total. The second kappa shape index (κ2) is 8.39. The van der Waals surface area contributed by atoms with Gasteiger partial charge in [-0.05, 0) is 50.2 Å². The van der Waals surface area contributed by atoms with Crippen molar-refractivity contribution in [1.29, 1.82) is 0 Å². The molecule has 1 heterocycles. The number of fused-ring (bicyclic) bond motifs is 1. The standard InChI is InChI=1S/C25H21N3O4/c1-15-10-12-19(13-11-15)28-21-9-4-3-8-20(21)22(24(28)30)16(2)26-27-23(29)17-6-5-7-18(14-17)25(31)32/h3-14,30H,1-2H3,(H,27,29)(H,31,32). The number of carbonyl (C=O) groups is 2. The molecule has 0 fully saturated rings. The molecular weight excluding hydrogens is 406 g/mol. The molecule has 1 aromatic heterocycles. The maximum Gasteiger partial charge on any atom is 0.335 e. The topological polar surface area (TPSA) is 104 Å². The van der Waals surface area contributed by atoms with Gasteiger partial charge in [0.15, 0.2) is 0 Å². The number of carboxylic acid groups (broad SMARTS) is 1. The second-order valence-electron chi connectivity index (χ2n) is 7.41. The van der Waals surface area contributed by atoms with Crippen molar-refractivity contribution in [2.45, 2.75) is 13.8 Å². The summed E-state index contributed by atoms with van der Waals surface area (Å²) in [5, 5.41) is 25.2. The maximum atomic E-state index is 12.5. The fraction of sp³-hybridized carbons (Fsp3) is 0.0800. The normalized spacial score (nSPS) is 11.5. The highest BCUT2D eigenvalue weighted by molar-refractivity contribution is 6.13. The number of nitrogens with one attached hydrogen (secondary N) is 1. The molecule has 3 aromatic carbocycles. The summed E-state index contributed by atoms with van der Waals surface area (Å²) in [6.45, 7) is 3.68. The minimum absolute atomic E-state index is 0.0113. The number of carbonyl (C=O) groups excluding carboxylic acids is 1. The Bertz CT molecular complexity index is 1370. The maximum absolute atomic E-state index is 12.5. The smallest absolute Gasteiger partial charge is 0.335 e. The van der Waals surface area contributed by atoms with E-state index in [1.54, 1.807) is 11.5 Å². The monoisotopic (exact) mass is 427 g/mol. The van der Waals surface area contributed by atoms with Gasteiger partial charge in [-0.1, -0.05) is 42.0 Å². The SMILES string of the molecule is CC(=NNC(=O)c1cccc(C(=O)O)c1)c1c(O)n(-c2ccc(C)cc2)c2ccccc12. The molecule has 0 spiro atoms. The lowest BCUT2D eigenvalue weighted by molar-refractivity contribution is 0.0697. The van der Waals surface area contributed by atoms with E-state index in [-0.39, 0.29) is 17.0 Å². The number of aromatic hydroxyl groups is 1. The first-order valence-corrected chi connectivity index (χ1v) is 9.94. The van der Waals surface area contributed by atoms with Gasteiger partial charge in [-0.3, -0.25) is 9.36 Å². The Morgan fingerprint density at radius 1 is 0.938 bits per heavy atom. The Labute approximate surface area is 184 Å². The van der Waals surface area contributed by atoms with Crippen LogP contribution in [0, 0.1) is 6.92 Å². The van der Waals surface area contributed by atoms with E-state index in [1.165, 1.54) is 24.3 Å². The predicted octanol–water partition coefficient (Wildman–Crippen LogP) is 4.50. The van der Waals surface area contributed by atoms with E-state index in [9.17, 15) is 14.7 Å². The van der Waals surface area contributed by atoms with Crippen LogP contribution in [0.3, 0.4) is 0 Å². The number of benzene rings is 3. The van der Waals surface area contributed by atoms with Gasteiger partial charge in [-0.15, -0.1) is 0 Å².